The van der Waals surface area contributed by atoms with Crippen molar-refractivity contribution in [2.75, 3.05) is 20.3 Å². The minimum Gasteiger partial charge on any atom is -0.497 e. The molecule has 0 saturated carbocycles. The van der Waals surface area contributed by atoms with Crippen LogP contribution in [0.25, 0.3) is 16.8 Å². The second-order valence-corrected chi connectivity index (χ2v) is 10.5. The second kappa shape index (κ2) is 13.0. The van der Waals surface area contributed by atoms with Crippen molar-refractivity contribution in [1.29, 1.82) is 0 Å². The highest BCUT2D eigenvalue weighted by molar-refractivity contribution is 5.86. The topological polar surface area (TPSA) is 158 Å². The third-order valence-electron chi connectivity index (χ3n) is 8.03. The molecule has 2 fully saturated rings. The molecule has 6 N–H and O–H groups in total. The maximum absolute atomic E-state index is 10.9. The number of methoxy groups -OCH3 is 1. The van der Waals surface area contributed by atoms with Crippen LogP contribution in [0, 0.1) is 11.8 Å². The van der Waals surface area contributed by atoms with Crippen molar-refractivity contribution in [1.82, 2.24) is 0 Å². The van der Waals surface area contributed by atoms with Crippen molar-refractivity contribution in [2.24, 2.45) is 11.8 Å². The highest BCUT2D eigenvalue weighted by atomic mass is 16.7. The molecule has 10 heteroatoms. The number of hydrogen-bond donors (Lipinski definition) is 6. The van der Waals surface area contributed by atoms with Gasteiger partial charge in [-0.1, -0.05) is 44.2 Å². The van der Waals surface area contributed by atoms with Crippen LogP contribution in [0.4, 0.5) is 0 Å². The lowest BCUT2D eigenvalue weighted by Gasteiger charge is -2.47. The third-order valence-corrected chi connectivity index (χ3v) is 8.03. The summed E-state index contributed by atoms with van der Waals surface area (Å²) >= 11 is 0. The van der Waals surface area contributed by atoms with Gasteiger partial charge in [0.25, 0.3) is 0 Å². The van der Waals surface area contributed by atoms with Crippen LogP contribution in [0.3, 0.4) is 0 Å². The van der Waals surface area contributed by atoms with Crippen molar-refractivity contribution >= 4 is 16.8 Å². The van der Waals surface area contributed by atoms with Crippen LogP contribution in [0.1, 0.15) is 25.8 Å². The molecular weight excluding hydrogens is 508 g/mol. The summed E-state index contributed by atoms with van der Waals surface area (Å²) in [6, 6.07) is 11.6. The van der Waals surface area contributed by atoms with Crippen molar-refractivity contribution in [2.45, 2.75) is 75.4 Å². The van der Waals surface area contributed by atoms with Crippen LogP contribution in [0.5, 0.6) is 5.75 Å². The Kier molecular flexibility index (Phi) is 9.97. The molecule has 4 rings (SSSR count). The lowest BCUT2D eigenvalue weighted by Crippen LogP contribution is -2.62. The van der Waals surface area contributed by atoms with E-state index in [2.05, 4.69) is 0 Å². The van der Waals surface area contributed by atoms with Crippen molar-refractivity contribution in [3.8, 4) is 5.75 Å². The molecule has 10 nitrogen and oxygen atoms in total. The zero-order valence-electron chi connectivity index (χ0n) is 22.4. The normalized spacial score (nSPS) is 36.3. The van der Waals surface area contributed by atoms with Gasteiger partial charge in [-0.05, 0) is 46.4 Å². The largest absolute Gasteiger partial charge is 0.497 e. The fourth-order valence-electron chi connectivity index (χ4n) is 5.29. The minimum atomic E-state index is -1.48. The Morgan fingerprint density at radius 2 is 1.54 bits per heavy atom. The minimum absolute atomic E-state index is 0.0353. The van der Waals surface area contributed by atoms with Crippen LogP contribution < -0.4 is 4.74 Å². The molecule has 11 atom stereocenters. The van der Waals surface area contributed by atoms with Crippen molar-refractivity contribution < 1.29 is 49.6 Å². The van der Waals surface area contributed by atoms with E-state index in [1.165, 1.54) is 0 Å². The van der Waals surface area contributed by atoms with Crippen molar-refractivity contribution in [3.05, 3.63) is 48.0 Å². The number of benzene rings is 2. The Morgan fingerprint density at radius 3 is 2.23 bits per heavy atom. The van der Waals surface area contributed by atoms with Gasteiger partial charge in [0.05, 0.1) is 38.6 Å². The van der Waals surface area contributed by atoms with Crippen LogP contribution in [-0.2, 0) is 14.2 Å². The third kappa shape index (κ3) is 6.62. The monoisotopic (exact) mass is 548 g/mol. The van der Waals surface area contributed by atoms with E-state index in [0.717, 1.165) is 22.1 Å². The van der Waals surface area contributed by atoms with Gasteiger partial charge in [0, 0.05) is 6.42 Å². The van der Waals surface area contributed by atoms with E-state index < -0.39 is 61.7 Å². The highest BCUT2D eigenvalue weighted by Crippen LogP contribution is 2.34. The molecule has 0 radical (unpaired) electrons. The molecule has 2 saturated heterocycles. The predicted molar refractivity (Wildman–Crippen MR) is 143 cm³/mol. The molecule has 2 aromatic rings. The molecule has 2 heterocycles. The number of fused-ring (bicyclic) bond motifs is 1. The number of hydrogen-bond acceptors (Lipinski definition) is 10. The fraction of sp³-hybridized carbons (Fsp3) is 0.586. The zero-order chi connectivity index (χ0) is 28.3. The number of ether oxygens (including phenoxy) is 4. The van der Waals surface area contributed by atoms with Gasteiger partial charge in [0.2, 0.25) is 0 Å². The van der Waals surface area contributed by atoms with E-state index in [1.54, 1.807) is 19.3 Å². The van der Waals surface area contributed by atoms with Crippen LogP contribution in [0.2, 0.25) is 0 Å². The molecule has 0 spiro atoms. The van der Waals surface area contributed by atoms with Gasteiger partial charge in [-0.25, -0.2) is 0 Å². The summed E-state index contributed by atoms with van der Waals surface area (Å²) < 4.78 is 22.6. The first-order valence-electron chi connectivity index (χ1n) is 13.3. The molecule has 0 aliphatic carbocycles. The number of aliphatic hydroxyl groups excluding tert-OH is 6. The molecule has 2 aromatic carbocycles. The molecule has 7 unspecified atom stereocenters. The average Bonchev–Trinajstić information content (AvgIpc) is 2.95. The lowest BCUT2D eigenvalue weighted by atomic mass is 9.83. The number of rotatable bonds is 9. The van der Waals surface area contributed by atoms with Gasteiger partial charge in [-0.3, -0.25) is 0 Å². The van der Waals surface area contributed by atoms with Gasteiger partial charge < -0.3 is 49.6 Å². The fourth-order valence-corrected chi connectivity index (χ4v) is 5.29. The van der Waals surface area contributed by atoms with Gasteiger partial charge in [-0.15, -0.1) is 0 Å². The van der Waals surface area contributed by atoms with Gasteiger partial charge >= 0.3 is 0 Å². The summed E-state index contributed by atoms with van der Waals surface area (Å²) in [5.41, 5.74) is 0.870. The van der Waals surface area contributed by atoms with Crippen LogP contribution in [-0.4, -0.2) is 106 Å². The maximum atomic E-state index is 10.9. The molecule has 2 aliphatic rings. The Hall–Kier alpha value is -2.12. The summed E-state index contributed by atoms with van der Waals surface area (Å²) in [6.45, 7) is 2.86. The average molecular weight is 549 g/mol. The Morgan fingerprint density at radius 1 is 0.846 bits per heavy atom. The molecule has 2 aliphatic heterocycles. The smallest absolute Gasteiger partial charge is 0.184 e. The van der Waals surface area contributed by atoms with E-state index in [0.29, 0.717) is 0 Å². The first-order chi connectivity index (χ1) is 18.7. The first-order valence-corrected chi connectivity index (χ1v) is 13.3. The van der Waals surface area contributed by atoms with Crippen molar-refractivity contribution in [3.63, 3.8) is 0 Å². The van der Waals surface area contributed by atoms with E-state index in [-0.39, 0.29) is 24.9 Å². The summed E-state index contributed by atoms with van der Waals surface area (Å²) in [5.74, 6) is 0.373. The van der Waals surface area contributed by atoms with Crippen LogP contribution in [0.15, 0.2) is 42.5 Å². The standard InChI is InChI=1S/C29H40O10/c1-15-16(2)25(33)29(38-23(15)13-30)39-28-24(14-31)37-22(26(34)27(28)35)12-20(32)8-5-17-4-6-19-11-21(36-3)9-7-18(19)10-17/h4-11,15-16,20,22-35H,12-14H2,1-3H3/b8-5+/t15-,16?,20?,22-,23?,24?,25?,26?,27?,28+,29-/m0/s1. The molecule has 39 heavy (non-hydrogen) atoms. The highest BCUT2D eigenvalue weighted by Gasteiger charge is 2.49. The molecule has 0 amide bonds. The maximum Gasteiger partial charge on any atom is 0.184 e. The van der Waals surface area contributed by atoms with E-state index in [9.17, 15) is 30.6 Å². The van der Waals surface area contributed by atoms with Crippen LogP contribution >= 0.6 is 0 Å². The first kappa shape index (κ1) is 29.9. The lowest BCUT2D eigenvalue weighted by molar-refractivity contribution is -0.330. The number of aliphatic hydroxyl groups is 6. The Bertz CT molecular complexity index is 1100. The van der Waals surface area contributed by atoms with E-state index >= 15 is 0 Å². The molecule has 0 bridgehead atoms. The zero-order valence-corrected chi connectivity index (χ0v) is 22.4. The summed E-state index contributed by atoms with van der Waals surface area (Å²) in [6.07, 6.45) is -6.65. The summed E-state index contributed by atoms with van der Waals surface area (Å²) in [5, 5.41) is 64.5. The summed E-state index contributed by atoms with van der Waals surface area (Å²) in [7, 11) is 1.62. The van der Waals surface area contributed by atoms with Gasteiger partial charge in [-0.2, -0.15) is 0 Å². The second-order valence-electron chi connectivity index (χ2n) is 10.5. The predicted octanol–water partition coefficient (Wildman–Crippen LogP) is 0.830. The van der Waals surface area contributed by atoms with E-state index in [4.69, 9.17) is 18.9 Å². The van der Waals surface area contributed by atoms with Gasteiger partial charge in [0.15, 0.2) is 6.29 Å². The SMILES string of the molecule is COc1ccc2cc(/C=C/C(O)C[C@@H]3OC(CO)[C@@H](O[C@@H]4OC(CO)[C@@H](C)C(C)C4O)C(O)C3O)ccc2c1. The molecular formula is C29H40O10. The summed E-state index contributed by atoms with van der Waals surface area (Å²) in [4.78, 5) is 0. The van der Waals surface area contributed by atoms with Gasteiger partial charge in [0.1, 0.15) is 36.3 Å². The Balaban J connectivity index is 1.39. The van der Waals surface area contributed by atoms with E-state index in [1.807, 2.05) is 50.2 Å². The molecule has 216 valence electrons. The molecule has 0 aromatic heterocycles. The quantitative estimate of drug-likeness (QED) is 0.265. The Labute approximate surface area is 228 Å².